The van der Waals surface area contributed by atoms with Crippen molar-refractivity contribution in [1.82, 2.24) is 0 Å². The Labute approximate surface area is 93.5 Å². The Morgan fingerprint density at radius 1 is 0.688 bits per heavy atom. The van der Waals surface area contributed by atoms with E-state index in [2.05, 4.69) is 0 Å². The van der Waals surface area contributed by atoms with Crippen LogP contribution in [-0.4, -0.2) is 0 Å². The monoisotopic (exact) mass is 218 g/mol. The van der Waals surface area contributed by atoms with Crippen molar-refractivity contribution in [2.45, 2.75) is 13.8 Å². The number of rotatable bonds is 1. The van der Waals surface area contributed by atoms with E-state index in [0.717, 1.165) is 0 Å². The van der Waals surface area contributed by atoms with E-state index in [9.17, 15) is 8.78 Å². The highest BCUT2D eigenvalue weighted by Gasteiger charge is 2.04. The average molecular weight is 218 g/mol. The Morgan fingerprint density at radius 2 is 1.06 bits per heavy atom. The van der Waals surface area contributed by atoms with E-state index < -0.39 is 0 Å². The van der Waals surface area contributed by atoms with Crippen LogP contribution in [0.2, 0.25) is 0 Å². The third kappa shape index (κ3) is 1.96. The van der Waals surface area contributed by atoms with E-state index in [-0.39, 0.29) is 11.6 Å². The Morgan fingerprint density at radius 3 is 1.38 bits per heavy atom. The van der Waals surface area contributed by atoms with Gasteiger partial charge in [-0.25, -0.2) is 8.78 Å². The molecule has 0 unspecified atom stereocenters. The molecule has 0 saturated carbocycles. The fourth-order valence-corrected chi connectivity index (χ4v) is 1.54. The van der Waals surface area contributed by atoms with Gasteiger partial charge in [0.1, 0.15) is 11.6 Å². The van der Waals surface area contributed by atoms with E-state index >= 15 is 0 Å². The van der Waals surface area contributed by atoms with Gasteiger partial charge in [-0.2, -0.15) is 0 Å². The highest BCUT2D eigenvalue weighted by Crippen LogP contribution is 2.23. The number of hydrogen-bond donors (Lipinski definition) is 0. The van der Waals surface area contributed by atoms with Crippen LogP contribution in [0.1, 0.15) is 11.1 Å². The third-order valence-corrected chi connectivity index (χ3v) is 2.68. The Bertz CT molecular complexity index is 481. The van der Waals surface area contributed by atoms with E-state index in [1.807, 2.05) is 0 Å². The van der Waals surface area contributed by atoms with Crippen molar-refractivity contribution >= 4 is 0 Å². The van der Waals surface area contributed by atoms with Crippen molar-refractivity contribution in [3.8, 4) is 11.1 Å². The molecule has 0 aliphatic rings. The molecule has 0 saturated heterocycles. The Hall–Kier alpha value is -1.70. The minimum Gasteiger partial charge on any atom is -0.207 e. The zero-order chi connectivity index (χ0) is 11.7. The minimum absolute atomic E-state index is 0.265. The Balaban J connectivity index is 2.50. The molecule has 0 heterocycles. The Kier molecular flexibility index (Phi) is 2.73. The topological polar surface area (TPSA) is 0 Å². The van der Waals surface area contributed by atoms with Gasteiger partial charge in [-0.05, 0) is 48.2 Å². The number of benzene rings is 2. The summed E-state index contributed by atoms with van der Waals surface area (Å²) in [6, 6.07) is 9.84. The summed E-state index contributed by atoms with van der Waals surface area (Å²) in [5, 5.41) is 0. The molecule has 82 valence electrons. The third-order valence-electron chi connectivity index (χ3n) is 2.68. The van der Waals surface area contributed by atoms with Gasteiger partial charge in [0.25, 0.3) is 0 Å². The molecular formula is C14H12F2. The lowest BCUT2D eigenvalue weighted by Crippen LogP contribution is -1.87. The first-order chi connectivity index (χ1) is 7.58. The number of halogens is 2. The predicted molar refractivity (Wildman–Crippen MR) is 61.3 cm³/mol. The molecular weight excluding hydrogens is 206 g/mol. The van der Waals surface area contributed by atoms with Gasteiger partial charge in [-0.3, -0.25) is 0 Å². The summed E-state index contributed by atoms with van der Waals surface area (Å²) in [5.41, 5.74) is 2.58. The van der Waals surface area contributed by atoms with Crippen molar-refractivity contribution in [3.05, 3.63) is 59.2 Å². The van der Waals surface area contributed by atoms with Crippen LogP contribution in [0, 0.1) is 25.5 Å². The van der Waals surface area contributed by atoms with Gasteiger partial charge >= 0.3 is 0 Å². The lowest BCUT2D eigenvalue weighted by atomic mass is 10.0. The van der Waals surface area contributed by atoms with Gasteiger partial charge < -0.3 is 0 Å². The van der Waals surface area contributed by atoms with E-state index in [1.54, 1.807) is 38.1 Å². The summed E-state index contributed by atoms with van der Waals surface area (Å²) in [6.07, 6.45) is 0. The van der Waals surface area contributed by atoms with Crippen LogP contribution in [0.15, 0.2) is 36.4 Å². The number of hydrogen-bond acceptors (Lipinski definition) is 0. The lowest BCUT2D eigenvalue weighted by Gasteiger charge is -2.05. The van der Waals surface area contributed by atoms with Gasteiger partial charge in [0.15, 0.2) is 0 Å². The molecule has 0 nitrogen and oxygen atoms in total. The largest absolute Gasteiger partial charge is 0.207 e. The molecule has 0 N–H and O–H groups in total. The molecule has 2 aromatic rings. The molecule has 0 spiro atoms. The quantitative estimate of drug-likeness (QED) is 0.671. The highest BCUT2D eigenvalue weighted by molar-refractivity contribution is 5.64. The predicted octanol–water partition coefficient (Wildman–Crippen LogP) is 4.25. The summed E-state index contributed by atoms with van der Waals surface area (Å²) in [7, 11) is 0. The second-order valence-electron chi connectivity index (χ2n) is 3.93. The molecule has 0 aliphatic carbocycles. The zero-order valence-electron chi connectivity index (χ0n) is 9.22. The second-order valence-corrected chi connectivity index (χ2v) is 3.93. The molecule has 0 aliphatic heterocycles. The van der Waals surface area contributed by atoms with Crippen LogP contribution < -0.4 is 0 Å². The molecule has 0 atom stereocenters. The second kappa shape index (κ2) is 4.05. The van der Waals surface area contributed by atoms with Crippen molar-refractivity contribution in [2.24, 2.45) is 0 Å². The summed E-state index contributed by atoms with van der Waals surface area (Å²) in [5.74, 6) is -0.531. The number of aryl methyl sites for hydroxylation is 2. The molecule has 2 heteroatoms. The summed E-state index contributed by atoms with van der Waals surface area (Å²) >= 11 is 0. The van der Waals surface area contributed by atoms with Gasteiger partial charge in [0.2, 0.25) is 0 Å². The molecule has 0 aromatic heterocycles. The fourth-order valence-electron chi connectivity index (χ4n) is 1.54. The zero-order valence-corrected chi connectivity index (χ0v) is 9.22. The van der Waals surface area contributed by atoms with Crippen molar-refractivity contribution in [2.75, 3.05) is 0 Å². The maximum atomic E-state index is 13.4. The molecule has 2 rings (SSSR count). The molecule has 0 fully saturated rings. The van der Waals surface area contributed by atoms with E-state index in [4.69, 9.17) is 0 Å². The minimum atomic E-state index is -0.265. The molecule has 2 aromatic carbocycles. The molecule has 0 amide bonds. The summed E-state index contributed by atoms with van der Waals surface area (Å²) in [4.78, 5) is 0. The van der Waals surface area contributed by atoms with Crippen LogP contribution in [-0.2, 0) is 0 Å². The van der Waals surface area contributed by atoms with E-state index in [0.29, 0.717) is 22.3 Å². The maximum absolute atomic E-state index is 13.4. The molecule has 16 heavy (non-hydrogen) atoms. The van der Waals surface area contributed by atoms with Crippen LogP contribution in [0.4, 0.5) is 8.78 Å². The van der Waals surface area contributed by atoms with Gasteiger partial charge in [0.05, 0.1) is 0 Å². The standard InChI is InChI=1S/C14H12F2/c1-9-3-5-11(7-13(9)15)12-6-4-10(2)14(16)8-12/h3-8H,1-2H3. The van der Waals surface area contributed by atoms with Gasteiger partial charge in [0, 0.05) is 0 Å². The van der Waals surface area contributed by atoms with Crippen molar-refractivity contribution in [1.29, 1.82) is 0 Å². The van der Waals surface area contributed by atoms with E-state index in [1.165, 1.54) is 12.1 Å². The van der Waals surface area contributed by atoms with Crippen LogP contribution in [0.5, 0.6) is 0 Å². The van der Waals surface area contributed by atoms with Gasteiger partial charge in [-0.1, -0.05) is 24.3 Å². The first kappa shape index (κ1) is 10.8. The van der Waals surface area contributed by atoms with Crippen molar-refractivity contribution < 1.29 is 8.78 Å². The first-order valence-corrected chi connectivity index (χ1v) is 5.10. The lowest BCUT2D eigenvalue weighted by molar-refractivity contribution is 0.616. The average Bonchev–Trinajstić information content (AvgIpc) is 2.26. The summed E-state index contributed by atoms with van der Waals surface area (Å²) < 4.78 is 26.7. The van der Waals surface area contributed by atoms with Crippen LogP contribution in [0.25, 0.3) is 11.1 Å². The first-order valence-electron chi connectivity index (χ1n) is 5.10. The molecule has 0 bridgehead atoms. The highest BCUT2D eigenvalue weighted by atomic mass is 19.1. The maximum Gasteiger partial charge on any atom is 0.126 e. The van der Waals surface area contributed by atoms with Crippen LogP contribution >= 0.6 is 0 Å². The normalized spacial score (nSPS) is 10.5. The van der Waals surface area contributed by atoms with Crippen molar-refractivity contribution in [3.63, 3.8) is 0 Å². The van der Waals surface area contributed by atoms with Crippen LogP contribution in [0.3, 0.4) is 0 Å². The smallest absolute Gasteiger partial charge is 0.126 e. The summed E-state index contributed by atoms with van der Waals surface area (Å²) in [6.45, 7) is 3.41. The molecule has 0 radical (unpaired) electrons. The fraction of sp³-hybridized carbons (Fsp3) is 0.143. The SMILES string of the molecule is Cc1ccc(-c2ccc(C)c(F)c2)cc1F. The van der Waals surface area contributed by atoms with Gasteiger partial charge in [-0.15, -0.1) is 0 Å².